The molecule has 0 aromatic heterocycles. The first-order valence-corrected chi connectivity index (χ1v) is 8.52. The molecule has 22 heavy (non-hydrogen) atoms. The van der Waals surface area contributed by atoms with Gasteiger partial charge in [-0.2, -0.15) is 0 Å². The van der Waals surface area contributed by atoms with Crippen LogP contribution in [0.4, 0.5) is 0 Å². The summed E-state index contributed by atoms with van der Waals surface area (Å²) in [6, 6.07) is 8.56. The lowest BCUT2D eigenvalue weighted by molar-refractivity contribution is -0.148. The summed E-state index contributed by atoms with van der Waals surface area (Å²) in [5.74, 6) is 0.154. The molecule has 1 aromatic carbocycles. The first kappa shape index (κ1) is 15.5. The molecule has 1 atom stereocenters. The van der Waals surface area contributed by atoms with E-state index in [1.165, 1.54) is 5.56 Å². The molecule has 120 valence electrons. The molecule has 3 rings (SSSR count). The zero-order valence-corrected chi connectivity index (χ0v) is 13.4. The summed E-state index contributed by atoms with van der Waals surface area (Å²) in [6.45, 7) is 5.60. The predicted octanol–water partition coefficient (Wildman–Crippen LogP) is 2.29. The lowest BCUT2D eigenvalue weighted by Gasteiger charge is -2.38. The quantitative estimate of drug-likeness (QED) is 0.928. The summed E-state index contributed by atoms with van der Waals surface area (Å²) in [5, 5.41) is 3.38. The third kappa shape index (κ3) is 3.18. The van der Waals surface area contributed by atoms with Gasteiger partial charge in [0.15, 0.2) is 6.10 Å². The molecule has 4 nitrogen and oxygen atoms in total. The van der Waals surface area contributed by atoms with Crippen molar-refractivity contribution in [3.05, 3.63) is 35.4 Å². The highest BCUT2D eigenvalue weighted by atomic mass is 16.5. The minimum Gasteiger partial charge on any atom is -0.363 e. The van der Waals surface area contributed by atoms with E-state index in [2.05, 4.69) is 23.2 Å². The predicted molar refractivity (Wildman–Crippen MR) is 86.7 cm³/mol. The zero-order chi connectivity index (χ0) is 15.4. The number of amides is 1. The average Bonchev–Trinajstić information content (AvgIpc) is 2.59. The maximum atomic E-state index is 13.1. The fourth-order valence-corrected chi connectivity index (χ4v) is 3.58. The molecule has 2 aliphatic rings. The Hall–Kier alpha value is -1.39. The number of hydrogen-bond acceptors (Lipinski definition) is 3. The van der Waals surface area contributed by atoms with Gasteiger partial charge in [-0.1, -0.05) is 31.2 Å². The number of carbonyl (C=O) groups excluding carboxylic acids is 1. The van der Waals surface area contributed by atoms with Gasteiger partial charge in [0, 0.05) is 12.6 Å². The van der Waals surface area contributed by atoms with Gasteiger partial charge >= 0.3 is 0 Å². The summed E-state index contributed by atoms with van der Waals surface area (Å²) >= 11 is 0. The lowest BCUT2D eigenvalue weighted by Crippen LogP contribution is -2.48. The molecule has 4 heteroatoms. The van der Waals surface area contributed by atoms with Crippen LogP contribution < -0.4 is 5.32 Å². The molecule has 0 bridgehead atoms. The molecule has 1 fully saturated rings. The van der Waals surface area contributed by atoms with Crippen molar-refractivity contribution in [2.75, 3.05) is 26.2 Å². The van der Waals surface area contributed by atoms with Crippen molar-refractivity contribution >= 4 is 5.91 Å². The number of carbonyl (C=O) groups is 1. The van der Waals surface area contributed by atoms with Crippen LogP contribution >= 0.6 is 0 Å². The molecule has 0 saturated carbocycles. The largest absolute Gasteiger partial charge is 0.363 e. The van der Waals surface area contributed by atoms with Crippen LogP contribution in [0.5, 0.6) is 0 Å². The van der Waals surface area contributed by atoms with Crippen LogP contribution in [0.15, 0.2) is 24.3 Å². The minimum atomic E-state index is -0.411. The van der Waals surface area contributed by atoms with E-state index in [-0.39, 0.29) is 5.91 Å². The Labute approximate surface area is 132 Å². The van der Waals surface area contributed by atoms with E-state index in [0.29, 0.717) is 12.6 Å². The van der Waals surface area contributed by atoms with E-state index < -0.39 is 6.10 Å². The van der Waals surface area contributed by atoms with Crippen LogP contribution in [-0.2, 0) is 16.0 Å². The Morgan fingerprint density at radius 1 is 1.32 bits per heavy atom. The molecule has 0 aliphatic carbocycles. The molecule has 2 aliphatic heterocycles. The summed E-state index contributed by atoms with van der Waals surface area (Å²) in [6.07, 6.45) is 3.57. The average molecular weight is 302 g/mol. The van der Waals surface area contributed by atoms with E-state index in [1.807, 2.05) is 18.2 Å². The summed E-state index contributed by atoms with van der Waals surface area (Å²) in [4.78, 5) is 15.2. The van der Waals surface area contributed by atoms with E-state index in [1.54, 1.807) is 0 Å². The fourth-order valence-electron chi connectivity index (χ4n) is 3.58. The van der Waals surface area contributed by atoms with Gasteiger partial charge in [0.05, 0.1) is 6.61 Å². The van der Waals surface area contributed by atoms with Crippen molar-refractivity contribution in [1.29, 1.82) is 0 Å². The zero-order valence-electron chi connectivity index (χ0n) is 13.4. The Bertz CT molecular complexity index is 512. The van der Waals surface area contributed by atoms with Gasteiger partial charge in [-0.3, -0.25) is 4.79 Å². The Kier molecular flexibility index (Phi) is 5.11. The van der Waals surface area contributed by atoms with Gasteiger partial charge in [-0.05, 0) is 49.9 Å². The van der Waals surface area contributed by atoms with Gasteiger partial charge in [0.25, 0.3) is 5.91 Å². The van der Waals surface area contributed by atoms with Crippen molar-refractivity contribution in [2.45, 2.75) is 44.8 Å². The van der Waals surface area contributed by atoms with Gasteiger partial charge in [0.2, 0.25) is 0 Å². The molecular formula is C18H26N2O2. The molecule has 1 N–H and O–H groups in total. The van der Waals surface area contributed by atoms with Crippen LogP contribution in [0.3, 0.4) is 0 Å². The van der Waals surface area contributed by atoms with Gasteiger partial charge in [0.1, 0.15) is 0 Å². The maximum Gasteiger partial charge on any atom is 0.256 e. The molecule has 0 radical (unpaired) electrons. The van der Waals surface area contributed by atoms with E-state index in [4.69, 9.17) is 4.74 Å². The SMILES string of the molecule is CCCN(C(=O)C1OCCc2ccccc21)C1CCNCC1. The normalized spacial score (nSPS) is 22.1. The third-order valence-corrected chi connectivity index (χ3v) is 4.71. The molecule has 0 spiro atoms. The van der Waals surface area contributed by atoms with Crippen molar-refractivity contribution in [3.8, 4) is 0 Å². The summed E-state index contributed by atoms with van der Waals surface area (Å²) in [5.41, 5.74) is 2.32. The molecule has 2 heterocycles. The molecule has 1 saturated heterocycles. The molecule has 1 unspecified atom stereocenters. The van der Waals surface area contributed by atoms with Crippen LogP contribution in [0, 0.1) is 0 Å². The standard InChI is InChI=1S/C18H26N2O2/c1-2-12-20(15-7-10-19-11-8-15)18(21)17-16-6-4-3-5-14(16)9-13-22-17/h3-6,15,17,19H,2,7-13H2,1H3. The number of fused-ring (bicyclic) bond motifs is 1. The van der Waals surface area contributed by atoms with Gasteiger partial charge in [-0.15, -0.1) is 0 Å². The first-order chi connectivity index (χ1) is 10.8. The monoisotopic (exact) mass is 302 g/mol. The van der Waals surface area contributed by atoms with E-state index in [0.717, 1.165) is 50.9 Å². The minimum absolute atomic E-state index is 0.154. The highest BCUT2D eigenvalue weighted by Gasteiger charge is 2.34. The molecular weight excluding hydrogens is 276 g/mol. The van der Waals surface area contributed by atoms with Crippen molar-refractivity contribution in [2.24, 2.45) is 0 Å². The van der Waals surface area contributed by atoms with Crippen molar-refractivity contribution < 1.29 is 9.53 Å². The summed E-state index contributed by atoms with van der Waals surface area (Å²) < 4.78 is 5.88. The number of benzene rings is 1. The number of ether oxygens (including phenoxy) is 1. The van der Waals surface area contributed by atoms with Gasteiger partial charge in [-0.25, -0.2) is 0 Å². The summed E-state index contributed by atoms with van der Waals surface area (Å²) in [7, 11) is 0. The fraction of sp³-hybridized carbons (Fsp3) is 0.611. The highest BCUT2D eigenvalue weighted by Crippen LogP contribution is 2.30. The smallest absolute Gasteiger partial charge is 0.256 e. The van der Waals surface area contributed by atoms with Crippen LogP contribution in [-0.4, -0.2) is 43.1 Å². The Morgan fingerprint density at radius 3 is 2.86 bits per heavy atom. The van der Waals surface area contributed by atoms with Crippen LogP contribution in [0.2, 0.25) is 0 Å². The van der Waals surface area contributed by atoms with Gasteiger partial charge < -0.3 is 15.0 Å². The number of nitrogens with one attached hydrogen (secondary N) is 1. The van der Waals surface area contributed by atoms with E-state index >= 15 is 0 Å². The highest BCUT2D eigenvalue weighted by molar-refractivity contribution is 5.83. The number of piperidine rings is 1. The Balaban J connectivity index is 1.81. The molecule has 1 aromatic rings. The second-order valence-corrected chi connectivity index (χ2v) is 6.21. The topological polar surface area (TPSA) is 41.6 Å². The third-order valence-electron chi connectivity index (χ3n) is 4.71. The van der Waals surface area contributed by atoms with Crippen molar-refractivity contribution in [1.82, 2.24) is 10.2 Å². The number of rotatable bonds is 4. The molecule has 1 amide bonds. The number of nitrogens with zero attached hydrogens (tertiary/aromatic N) is 1. The Morgan fingerprint density at radius 2 is 2.09 bits per heavy atom. The van der Waals surface area contributed by atoms with E-state index in [9.17, 15) is 4.79 Å². The van der Waals surface area contributed by atoms with Crippen LogP contribution in [0.1, 0.15) is 43.4 Å². The lowest BCUT2D eigenvalue weighted by atomic mass is 9.95. The second kappa shape index (κ2) is 7.25. The number of hydrogen-bond donors (Lipinski definition) is 1. The van der Waals surface area contributed by atoms with Crippen molar-refractivity contribution in [3.63, 3.8) is 0 Å². The first-order valence-electron chi connectivity index (χ1n) is 8.52. The second-order valence-electron chi connectivity index (χ2n) is 6.21. The maximum absolute atomic E-state index is 13.1. The van der Waals surface area contributed by atoms with Crippen LogP contribution in [0.25, 0.3) is 0 Å².